The third-order valence-corrected chi connectivity index (χ3v) is 2.43. The quantitative estimate of drug-likeness (QED) is 0.363. The van der Waals surface area contributed by atoms with Gasteiger partial charge in [0.05, 0.1) is 6.42 Å². The summed E-state index contributed by atoms with van der Waals surface area (Å²) in [6.07, 6.45) is 5.72. The van der Waals surface area contributed by atoms with E-state index in [0.717, 1.165) is 10.9 Å². The Morgan fingerprint density at radius 2 is 2.07 bits per heavy atom. The fourth-order valence-corrected chi connectivity index (χ4v) is 1.38. The summed E-state index contributed by atoms with van der Waals surface area (Å²) >= 11 is 3.34. The van der Waals surface area contributed by atoms with Gasteiger partial charge in [0.2, 0.25) is 0 Å². The van der Waals surface area contributed by atoms with Gasteiger partial charge in [-0.3, -0.25) is 4.79 Å². The molecule has 0 aliphatic carbocycles. The first-order valence-electron chi connectivity index (χ1n) is 4.55. The number of carbonyl (C=O) groups excluding carboxylic acids is 1. The van der Waals surface area contributed by atoms with Crippen LogP contribution in [0, 0.1) is 12.3 Å². The van der Waals surface area contributed by atoms with Gasteiger partial charge in [-0.05, 0) is 17.7 Å². The van der Waals surface area contributed by atoms with Crippen LogP contribution in [0.1, 0.15) is 18.4 Å². The summed E-state index contributed by atoms with van der Waals surface area (Å²) in [5.74, 6) is 2.66. The van der Waals surface area contributed by atoms with E-state index in [1.165, 1.54) is 0 Å². The standard InChI is InChI=1S/C12H11BrO2/c1-2-3-4-12(14)15-11-7-5-10(9-13)6-8-11/h1,5-8H,3-4,9H2. The maximum atomic E-state index is 11.2. The molecule has 0 N–H and O–H groups in total. The number of carbonyl (C=O) groups is 1. The number of esters is 1. The molecule has 0 atom stereocenters. The molecule has 0 aliphatic heterocycles. The molecule has 0 bridgehead atoms. The molecule has 1 aromatic carbocycles. The van der Waals surface area contributed by atoms with Crippen molar-refractivity contribution in [2.24, 2.45) is 0 Å². The first kappa shape index (κ1) is 11.8. The third kappa shape index (κ3) is 4.18. The second-order valence-electron chi connectivity index (χ2n) is 2.96. The van der Waals surface area contributed by atoms with E-state index in [1.54, 1.807) is 12.1 Å². The maximum absolute atomic E-state index is 11.2. The Labute approximate surface area is 97.8 Å². The van der Waals surface area contributed by atoms with E-state index >= 15 is 0 Å². The number of rotatable bonds is 4. The van der Waals surface area contributed by atoms with E-state index in [-0.39, 0.29) is 12.4 Å². The van der Waals surface area contributed by atoms with E-state index in [9.17, 15) is 4.79 Å². The highest BCUT2D eigenvalue weighted by Gasteiger charge is 2.03. The van der Waals surface area contributed by atoms with Crippen LogP contribution >= 0.6 is 15.9 Å². The third-order valence-electron chi connectivity index (χ3n) is 1.78. The minimum atomic E-state index is -0.292. The Morgan fingerprint density at radius 3 is 2.60 bits per heavy atom. The van der Waals surface area contributed by atoms with Crippen molar-refractivity contribution in [3.05, 3.63) is 29.8 Å². The van der Waals surface area contributed by atoms with Crippen LogP contribution in [0.2, 0.25) is 0 Å². The lowest BCUT2D eigenvalue weighted by atomic mass is 10.2. The molecule has 0 aliphatic rings. The molecule has 1 aromatic rings. The minimum Gasteiger partial charge on any atom is -0.427 e. The summed E-state index contributed by atoms with van der Waals surface area (Å²) in [4.78, 5) is 11.2. The molecule has 78 valence electrons. The Hall–Kier alpha value is -1.27. The van der Waals surface area contributed by atoms with Crippen molar-refractivity contribution in [2.45, 2.75) is 18.2 Å². The van der Waals surface area contributed by atoms with E-state index in [1.807, 2.05) is 12.1 Å². The van der Waals surface area contributed by atoms with Crippen LogP contribution in [0.15, 0.2) is 24.3 Å². The number of hydrogen-bond donors (Lipinski definition) is 0. The zero-order valence-electron chi connectivity index (χ0n) is 8.20. The van der Waals surface area contributed by atoms with Crippen LogP contribution in [-0.4, -0.2) is 5.97 Å². The van der Waals surface area contributed by atoms with Crippen molar-refractivity contribution in [3.63, 3.8) is 0 Å². The Kier molecular flexibility index (Phi) is 4.92. The summed E-state index contributed by atoms with van der Waals surface area (Å²) in [6, 6.07) is 7.34. The summed E-state index contributed by atoms with van der Waals surface area (Å²) in [5, 5.41) is 0.790. The number of alkyl halides is 1. The van der Waals surface area contributed by atoms with Gasteiger partial charge in [-0.15, -0.1) is 12.3 Å². The molecule has 0 fully saturated rings. The van der Waals surface area contributed by atoms with Crippen LogP contribution in [0.4, 0.5) is 0 Å². The van der Waals surface area contributed by atoms with Crippen molar-refractivity contribution in [2.75, 3.05) is 0 Å². The lowest BCUT2D eigenvalue weighted by Crippen LogP contribution is -2.06. The van der Waals surface area contributed by atoms with Crippen molar-refractivity contribution in [3.8, 4) is 18.1 Å². The van der Waals surface area contributed by atoms with Gasteiger partial charge in [-0.25, -0.2) is 0 Å². The summed E-state index contributed by atoms with van der Waals surface area (Å²) in [7, 11) is 0. The van der Waals surface area contributed by atoms with Crippen LogP contribution in [-0.2, 0) is 10.1 Å². The topological polar surface area (TPSA) is 26.3 Å². The monoisotopic (exact) mass is 266 g/mol. The fourth-order valence-electron chi connectivity index (χ4n) is 1.00. The number of halogens is 1. The van der Waals surface area contributed by atoms with Crippen LogP contribution in [0.3, 0.4) is 0 Å². The van der Waals surface area contributed by atoms with Crippen molar-refractivity contribution < 1.29 is 9.53 Å². The van der Waals surface area contributed by atoms with Crippen molar-refractivity contribution in [1.82, 2.24) is 0 Å². The molecule has 15 heavy (non-hydrogen) atoms. The highest BCUT2D eigenvalue weighted by atomic mass is 79.9. The number of hydrogen-bond acceptors (Lipinski definition) is 2. The highest BCUT2D eigenvalue weighted by molar-refractivity contribution is 9.08. The smallest absolute Gasteiger partial charge is 0.312 e. The van der Waals surface area contributed by atoms with Gasteiger partial charge in [0.1, 0.15) is 5.75 Å². The molecule has 0 unspecified atom stereocenters. The van der Waals surface area contributed by atoms with Gasteiger partial charge in [-0.1, -0.05) is 28.1 Å². The second-order valence-corrected chi connectivity index (χ2v) is 3.52. The lowest BCUT2D eigenvalue weighted by Gasteiger charge is -2.03. The summed E-state index contributed by atoms with van der Waals surface area (Å²) < 4.78 is 5.07. The van der Waals surface area contributed by atoms with E-state index in [2.05, 4.69) is 21.9 Å². The fraction of sp³-hybridized carbons (Fsp3) is 0.250. The van der Waals surface area contributed by atoms with E-state index in [0.29, 0.717) is 12.2 Å². The molecular formula is C12H11BrO2. The molecule has 1 rings (SSSR count). The molecular weight excluding hydrogens is 256 g/mol. The molecule has 0 saturated carbocycles. The molecule has 0 saturated heterocycles. The molecule has 0 amide bonds. The summed E-state index contributed by atoms with van der Waals surface area (Å²) in [5.41, 5.74) is 1.14. The molecule has 0 aromatic heterocycles. The molecule has 2 nitrogen and oxygen atoms in total. The van der Waals surface area contributed by atoms with E-state index < -0.39 is 0 Å². The first-order chi connectivity index (χ1) is 7.26. The predicted molar refractivity (Wildman–Crippen MR) is 62.8 cm³/mol. The van der Waals surface area contributed by atoms with Gasteiger partial charge in [0.15, 0.2) is 0 Å². The molecule has 0 radical (unpaired) electrons. The van der Waals surface area contributed by atoms with Gasteiger partial charge in [0, 0.05) is 11.8 Å². The van der Waals surface area contributed by atoms with E-state index in [4.69, 9.17) is 11.2 Å². The highest BCUT2D eigenvalue weighted by Crippen LogP contribution is 2.14. The summed E-state index contributed by atoms with van der Waals surface area (Å²) in [6.45, 7) is 0. The maximum Gasteiger partial charge on any atom is 0.312 e. The van der Waals surface area contributed by atoms with Crippen LogP contribution in [0.25, 0.3) is 0 Å². The zero-order valence-corrected chi connectivity index (χ0v) is 9.79. The molecule has 0 spiro atoms. The van der Waals surface area contributed by atoms with Crippen LogP contribution < -0.4 is 4.74 Å². The van der Waals surface area contributed by atoms with Gasteiger partial charge >= 0.3 is 5.97 Å². The minimum absolute atomic E-state index is 0.261. The predicted octanol–water partition coefficient (Wildman–Crippen LogP) is 2.90. The van der Waals surface area contributed by atoms with Crippen molar-refractivity contribution >= 4 is 21.9 Å². The number of benzene rings is 1. The normalized spacial score (nSPS) is 9.33. The molecule has 3 heteroatoms. The Balaban J connectivity index is 2.50. The van der Waals surface area contributed by atoms with Gasteiger partial charge in [-0.2, -0.15) is 0 Å². The van der Waals surface area contributed by atoms with Gasteiger partial charge in [0.25, 0.3) is 0 Å². The van der Waals surface area contributed by atoms with Crippen molar-refractivity contribution in [1.29, 1.82) is 0 Å². The van der Waals surface area contributed by atoms with Gasteiger partial charge < -0.3 is 4.74 Å². The number of ether oxygens (including phenoxy) is 1. The Bertz CT molecular complexity index is 362. The average Bonchev–Trinajstić information content (AvgIpc) is 2.27. The number of terminal acetylenes is 1. The first-order valence-corrected chi connectivity index (χ1v) is 5.67. The average molecular weight is 267 g/mol. The van der Waals surface area contributed by atoms with Crippen LogP contribution in [0.5, 0.6) is 5.75 Å². The lowest BCUT2D eigenvalue weighted by molar-refractivity contribution is -0.134. The zero-order chi connectivity index (χ0) is 11.1. The largest absolute Gasteiger partial charge is 0.427 e. The Morgan fingerprint density at radius 1 is 1.40 bits per heavy atom. The SMILES string of the molecule is C#CCCC(=O)Oc1ccc(CBr)cc1. The molecule has 0 heterocycles. The second kappa shape index (κ2) is 6.26.